The molecule has 1 N–H and O–H groups in total. The van der Waals surface area contributed by atoms with Crippen LogP contribution in [0.25, 0.3) is 0 Å². The maximum Gasteiger partial charge on any atom is 0.185 e. The summed E-state index contributed by atoms with van der Waals surface area (Å²) in [7, 11) is 1.75. The van der Waals surface area contributed by atoms with Crippen LogP contribution in [0.3, 0.4) is 0 Å². The molecule has 0 bridgehead atoms. The molecule has 0 amide bonds. The summed E-state index contributed by atoms with van der Waals surface area (Å²) in [5, 5.41) is 5.54. The van der Waals surface area contributed by atoms with Crippen LogP contribution in [0.2, 0.25) is 0 Å². The van der Waals surface area contributed by atoms with Gasteiger partial charge < -0.3 is 15.0 Å². The smallest absolute Gasteiger partial charge is 0.185 e. The van der Waals surface area contributed by atoms with Crippen molar-refractivity contribution in [3.63, 3.8) is 0 Å². The average molecular weight is 328 g/mol. The largest absolute Gasteiger partial charge is 0.378 e. The Bertz CT molecular complexity index is 462. The molecule has 1 saturated heterocycles. The minimum Gasteiger partial charge on any atom is -0.378 e. The number of rotatable bonds is 7. The van der Waals surface area contributed by atoms with E-state index in [1.807, 2.05) is 11.3 Å². The third kappa shape index (κ3) is 4.12. The molecule has 0 radical (unpaired) electrons. The van der Waals surface area contributed by atoms with Gasteiger partial charge in [-0.2, -0.15) is 11.8 Å². The number of methoxy groups -OCH3 is 1. The summed E-state index contributed by atoms with van der Waals surface area (Å²) in [6.07, 6.45) is 3.90. The van der Waals surface area contributed by atoms with Crippen molar-refractivity contribution in [3.05, 3.63) is 10.6 Å². The number of anilines is 1. The summed E-state index contributed by atoms with van der Waals surface area (Å²) in [6.45, 7) is 6.11. The SMILES string of the molecule is CCC1CN(c2nc(COC)c(CNC3CC3)s2)CCS1. The number of nitrogens with one attached hydrogen (secondary N) is 1. The highest BCUT2D eigenvalue weighted by molar-refractivity contribution is 8.00. The van der Waals surface area contributed by atoms with E-state index < -0.39 is 0 Å². The third-order valence-electron chi connectivity index (χ3n) is 4.04. The monoisotopic (exact) mass is 327 g/mol. The van der Waals surface area contributed by atoms with Crippen LogP contribution in [0.15, 0.2) is 0 Å². The van der Waals surface area contributed by atoms with Crippen LogP contribution in [-0.2, 0) is 17.9 Å². The average Bonchev–Trinajstić information content (AvgIpc) is 3.26. The Balaban J connectivity index is 1.69. The lowest BCUT2D eigenvalue weighted by atomic mass is 10.3. The van der Waals surface area contributed by atoms with Crippen LogP contribution in [0.1, 0.15) is 36.8 Å². The molecule has 1 saturated carbocycles. The molecule has 1 aromatic heterocycles. The van der Waals surface area contributed by atoms with Crippen molar-refractivity contribution in [1.82, 2.24) is 10.3 Å². The first kappa shape index (κ1) is 15.6. The maximum atomic E-state index is 5.33. The molecule has 4 nitrogen and oxygen atoms in total. The highest BCUT2D eigenvalue weighted by atomic mass is 32.2. The Morgan fingerprint density at radius 3 is 3.00 bits per heavy atom. The topological polar surface area (TPSA) is 37.4 Å². The van der Waals surface area contributed by atoms with Crippen LogP contribution in [0, 0.1) is 0 Å². The zero-order valence-corrected chi connectivity index (χ0v) is 14.6. The fourth-order valence-electron chi connectivity index (χ4n) is 2.56. The molecule has 1 unspecified atom stereocenters. The second kappa shape index (κ2) is 7.31. The number of nitrogens with zero attached hydrogens (tertiary/aromatic N) is 2. The molecule has 0 spiro atoms. The lowest BCUT2D eigenvalue weighted by Crippen LogP contribution is -2.37. The molecule has 1 aliphatic carbocycles. The van der Waals surface area contributed by atoms with Crippen molar-refractivity contribution in [2.75, 3.05) is 30.9 Å². The van der Waals surface area contributed by atoms with Crippen LogP contribution < -0.4 is 10.2 Å². The highest BCUT2D eigenvalue weighted by Gasteiger charge is 2.24. The van der Waals surface area contributed by atoms with Gasteiger partial charge >= 0.3 is 0 Å². The van der Waals surface area contributed by atoms with E-state index in [1.54, 1.807) is 7.11 Å². The van der Waals surface area contributed by atoms with E-state index in [2.05, 4.69) is 28.9 Å². The minimum absolute atomic E-state index is 0.623. The van der Waals surface area contributed by atoms with Gasteiger partial charge in [-0.1, -0.05) is 6.92 Å². The van der Waals surface area contributed by atoms with Crippen molar-refractivity contribution < 1.29 is 4.74 Å². The predicted molar refractivity (Wildman–Crippen MR) is 91.4 cm³/mol. The Hall–Kier alpha value is -0.300. The molecule has 1 aliphatic heterocycles. The van der Waals surface area contributed by atoms with Gasteiger partial charge in [0.1, 0.15) is 0 Å². The Morgan fingerprint density at radius 1 is 1.43 bits per heavy atom. The van der Waals surface area contributed by atoms with Crippen LogP contribution in [-0.4, -0.2) is 42.2 Å². The van der Waals surface area contributed by atoms with Crippen molar-refractivity contribution in [1.29, 1.82) is 0 Å². The van der Waals surface area contributed by atoms with E-state index in [0.717, 1.165) is 36.6 Å². The normalized spacial score (nSPS) is 22.8. The maximum absolute atomic E-state index is 5.33. The molecule has 6 heteroatoms. The first-order chi connectivity index (χ1) is 10.3. The van der Waals surface area contributed by atoms with E-state index in [-0.39, 0.29) is 0 Å². The number of hydrogen-bond acceptors (Lipinski definition) is 6. The minimum atomic E-state index is 0.623. The molecule has 1 atom stereocenters. The molecule has 3 rings (SSSR count). The molecule has 118 valence electrons. The second-order valence-electron chi connectivity index (χ2n) is 5.80. The van der Waals surface area contributed by atoms with Crippen LogP contribution in [0.5, 0.6) is 0 Å². The van der Waals surface area contributed by atoms with Crippen molar-refractivity contribution in [2.45, 2.75) is 50.6 Å². The van der Waals surface area contributed by atoms with Gasteiger partial charge in [-0.15, -0.1) is 11.3 Å². The molecular formula is C15H25N3OS2. The van der Waals surface area contributed by atoms with Crippen molar-refractivity contribution in [3.8, 4) is 0 Å². The summed E-state index contributed by atoms with van der Waals surface area (Å²) >= 11 is 3.95. The number of ether oxygens (including phenoxy) is 1. The number of thioether (sulfide) groups is 1. The first-order valence-corrected chi connectivity index (χ1v) is 9.74. The lowest BCUT2D eigenvalue weighted by Gasteiger charge is -2.31. The molecule has 2 heterocycles. The van der Waals surface area contributed by atoms with Crippen molar-refractivity contribution >= 4 is 28.2 Å². The van der Waals surface area contributed by atoms with Gasteiger partial charge in [0, 0.05) is 48.7 Å². The highest BCUT2D eigenvalue weighted by Crippen LogP contribution is 2.32. The first-order valence-electron chi connectivity index (χ1n) is 7.87. The van der Waals surface area contributed by atoms with E-state index in [9.17, 15) is 0 Å². The quantitative estimate of drug-likeness (QED) is 0.833. The summed E-state index contributed by atoms with van der Waals surface area (Å²) < 4.78 is 5.33. The zero-order valence-electron chi connectivity index (χ0n) is 12.9. The third-order valence-corrected chi connectivity index (χ3v) is 6.57. The fourth-order valence-corrected chi connectivity index (χ4v) is 4.79. The van der Waals surface area contributed by atoms with Gasteiger partial charge in [0.05, 0.1) is 12.3 Å². The zero-order chi connectivity index (χ0) is 14.7. The van der Waals surface area contributed by atoms with Gasteiger partial charge in [0.2, 0.25) is 0 Å². The Kier molecular flexibility index (Phi) is 5.43. The number of thiazole rings is 1. The fraction of sp³-hybridized carbons (Fsp3) is 0.800. The number of hydrogen-bond donors (Lipinski definition) is 1. The van der Waals surface area contributed by atoms with Gasteiger partial charge in [-0.3, -0.25) is 0 Å². The molecule has 2 fully saturated rings. The standard InChI is InChI=1S/C15H25N3OS2/c1-3-12-9-18(6-7-20-12)15-17-13(10-19-2)14(21-15)8-16-11-4-5-11/h11-12,16H,3-10H2,1-2H3. The van der Waals surface area contributed by atoms with Crippen LogP contribution >= 0.6 is 23.1 Å². The van der Waals surface area contributed by atoms with E-state index in [1.165, 1.54) is 35.0 Å². The van der Waals surface area contributed by atoms with E-state index in [4.69, 9.17) is 9.72 Å². The summed E-state index contributed by atoms with van der Waals surface area (Å²) in [5.41, 5.74) is 1.12. The second-order valence-corrected chi connectivity index (χ2v) is 8.27. The molecule has 0 aromatic carbocycles. The molecule has 21 heavy (non-hydrogen) atoms. The number of aromatic nitrogens is 1. The lowest BCUT2D eigenvalue weighted by molar-refractivity contribution is 0.181. The Labute approximate surface area is 135 Å². The summed E-state index contributed by atoms with van der Waals surface area (Å²) in [4.78, 5) is 8.68. The van der Waals surface area contributed by atoms with Gasteiger partial charge in [0.25, 0.3) is 0 Å². The van der Waals surface area contributed by atoms with E-state index >= 15 is 0 Å². The van der Waals surface area contributed by atoms with Gasteiger partial charge in [-0.25, -0.2) is 4.98 Å². The van der Waals surface area contributed by atoms with Crippen LogP contribution in [0.4, 0.5) is 5.13 Å². The van der Waals surface area contributed by atoms with Gasteiger partial charge in [0.15, 0.2) is 5.13 Å². The Morgan fingerprint density at radius 2 is 2.29 bits per heavy atom. The molecule has 2 aliphatic rings. The predicted octanol–water partition coefficient (Wildman–Crippen LogP) is 2.87. The molecule has 1 aromatic rings. The van der Waals surface area contributed by atoms with Crippen molar-refractivity contribution in [2.24, 2.45) is 0 Å². The molecular weight excluding hydrogens is 302 g/mol. The van der Waals surface area contributed by atoms with E-state index in [0.29, 0.717) is 6.61 Å². The van der Waals surface area contributed by atoms with Gasteiger partial charge in [-0.05, 0) is 19.3 Å². The summed E-state index contributed by atoms with van der Waals surface area (Å²) in [5.74, 6) is 1.22. The summed E-state index contributed by atoms with van der Waals surface area (Å²) in [6, 6.07) is 0.738.